The number of nitrogens with zero attached hydrogens (tertiary/aromatic N) is 2. The van der Waals surface area contributed by atoms with Gasteiger partial charge in [0.15, 0.2) is 12.0 Å². The lowest BCUT2D eigenvalue weighted by Crippen LogP contribution is -1.92. The molecule has 0 aliphatic rings. The molecule has 1 rings (SSSR count). The van der Waals surface area contributed by atoms with E-state index in [2.05, 4.69) is 5.10 Å². The zero-order chi connectivity index (χ0) is 6.85. The Morgan fingerprint density at radius 2 is 2.44 bits per heavy atom. The Morgan fingerprint density at radius 3 is 2.67 bits per heavy atom. The molecule has 1 heterocycles. The van der Waals surface area contributed by atoms with E-state index in [-0.39, 0.29) is 10.6 Å². The van der Waals surface area contributed by atoms with Crippen molar-refractivity contribution in [2.24, 2.45) is 0 Å². The van der Waals surface area contributed by atoms with Crippen LogP contribution in [-0.2, 0) is 6.42 Å². The molecule has 49 valence electrons. The first-order chi connectivity index (χ1) is 4.25. The summed E-state index contributed by atoms with van der Waals surface area (Å²) in [5, 5.41) is 2.94. The Labute approximate surface area is 51.0 Å². The van der Waals surface area contributed by atoms with Crippen molar-refractivity contribution in [2.45, 2.75) is 13.3 Å². The van der Waals surface area contributed by atoms with Gasteiger partial charge >= 0.3 is 0 Å². The lowest BCUT2D eigenvalue weighted by Gasteiger charge is -1.88. The molecule has 0 unspecified atom stereocenters. The second-order valence-corrected chi connectivity index (χ2v) is 1.59. The van der Waals surface area contributed by atoms with E-state index in [0.717, 1.165) is 0 Å². The molecule has 2 nitrogen and oxygen atoms in total. The van der Waals surface area contributed by atoms with Gasteiger partial charge in [0.2, 0.25) is 0 Å². The van der Waals surface area contributed by atoms with E-state index >= 15 is 0 Å². The summed E-state index contributed by atoms with van der Waals surface area (Å²) in [4.78, 5) is -0.00463. The minimum Gasteiger partial charge on any atom is -0.202 e. The summed E-state index contributed by atoms with van der Waals surface area (Å²) in [7, 11) is 0. The van der Waals surface area contributed by atoms with Crippen LogP contribution in [0.3, 0.4) is 0 Å². The maximum absolute atomic E-state index is 12.2. The van der Waals surface area contributed by atoms with Crippen molar-refractivity contribution in [3.05, 3.63) is 17.7 Å². The average Bonchev–Trinajstić information content (AvgIpc) is 2.12. The summed E-state index contributed by atoms with van der Waals surface area (Å²) in [6.45, 7) is 1.64. The lowest BCUT2D eigenvalue weighted by atomic mass is 10.3. The topological polar surface area (TPSA) is 17.8 Å². The molecule has 0 atom stereocenters. The Hall–Kier alpha value is -0.930. The molecule has 0 amide bonds. The maximum Gasteiger partial charge on any atom is 0.177 e. The van der Waals surface area contributed by atoms with Crippen LogP contribution < -0.4 is 0 Å². The zero-order valence-corrected chi connectivity index (χ0v) is 4.86. The molecule has 0 aliphatic heterocycles. The van der Waals surface area contributed by atoms with Crippen LogP contribution in [0.15, 0.2) is 0 Å². The molecule has 0 fully saturated rings. The van der Waals surface area contributed by atoms with E-state index < -0.39 is 5.82 Å². The first kappa shape index (κ1) is 6.19. The number of aromatic nitrogens is 2. The number of halogens is 2. The highest BCUT2D eigenvalue weighted by molar-refractivity contribution is 5.00. The quantitative estimate of drug-likeness (QED) is 0.558. The minimum atomic E-state index is -0.708. The Kier molecular flexibility index (Phi) is 1.46. The highest BCUT2D eigenvalue weighted by Gasteiger charge is 2.07. The van der Waals surface area contributed by atoms with E-state index in [9.17, 15) is 8.87 Å². The van der Waals surface area contributed by atoms with Crippen LogP contribution in [0.4, 0.5) is 8.87 Å². The van der Waals surface area contributed by atoms with Crippen LogP contribution in [0.2, 0.25) is 0 Å². The Morgan fingerprint density at radius 1 is 1.78 bits per heavy atom. The van der Waals surface area contributed by atoms with Gasteiger partial charge in [-0.3, -0.25) is 0 Å². The first-order valence-corrected chi connectivity index (χ1v) is 2.57. The third-order valence-electron chi connectivity index (χ3n) is 1.05. The molecule has 1 aromatic rings. The number of hydrogen-bond acceptors (Lipinski definition) is 1. The van der Waals surface area contributed by atoms with Crippen molar-refractivity contribution in [3.8, 4) is 0 Å². The molecule has 9 heavy (non-hydrogen) atoms. The SMILES string of the molecule is CCc1c(F)[c]nn1F. The second kappa shape index (κ2) is 2.13. The van der Waals surface area contributed by atoms with Gasteiger partial charge < -0.3 is 0 Å². The Balaban J connectivity index is 3.07. The van der Waals surface area contributed by atoms with Crippen LogP contribution in [0.5, 0.6) is 0 Å². The molecule has 0 bridgehead atoms. The van der Waals surface area contributed by atoms with E-state index in [1.165, 1.54) is 0 Å². The maximum atomic E-state index is 12.2. The second-order valence-electron chi connectivity index (χ2n) is 1.59. The summed E-state index contributed by atoms with van der Waals surface area (Å²) in [6, 6.07) is 0. The van der Waals surface area contributed by atoms with Crippen molar-refractivity contribution in [3.63, 3.8) is 0 Å². The van der Waals surface area contributed by atoms with Crippen molar-refractivity contribution in [2.75, 3.05) is 0 Å². The number of hydrogen-bond donors (Lipinski definition) is 0. The van der Waals surface area contributed by atoms with Crippen molar-refractivity contribution in [1.29, 1.82) is 0 Å². The molecule has 0 saturated heterocycles. The standard InChI is InChI=1S/C5H5F2N2/c1-2-5-4(6)3-8-9(5)7/h2H2,1H3. The van der Waals surface area contributed by atoms with Gasteiger partial charge in [0.1, 0.15) is 5.69 Å². The van der Waals surface area contributed by atoms with Gasteiger partial charge in [-0.15, -0.1) is 5.10 Å². The van der Waals surface area contributed by atoms with Crippen molar-refractivity contribution >= 4 is 0 Å². The lowest BCUT2D eigenvalue weighted by molar-refractivity contribution is 0.300. The molecule has 1 radical (unpaired) electrons. The van der Waals surface area contributed by atoms with Gasteiger partial charge in [-0.25, -0.2) is 4.39 Å². The fourth-order valence-corrected chi connectivity index (χ4v) is 0.579. The molecular weight excluding hydrogens is 126 g/mol. The molecule has 0 aromatic carbocycles. The van der Waals surface area contributed by atoms with Crippen LogP contribution in [0.25, 0.3) is 0 Å². The van der Waals surface area contributed by atoms with Gasteiger partial charge in [-0.1, -0.05) is 16.3 Å². The smallest absolute Gasteiger partial charge is 0.177 e. The monoisotopic (exact) mass is 131 g/mol. The van der Waals surface area contributed by atoms with Crippen LogP contribution in [-0.4, -0.2) is 10.0 Å². The fraction of sp³-hybridized carbons (Fsp3) is 0.400. The third-order valence-corrected chi connectivity index (χ3v) is 1.05. The van der Waals surface area contributed by atoms with E-state index in [1.54, 1.807) is 6.92 Å². The molecule has 0 N–H and O–H groups in total. The predicted molar refractivity (Wildman–Crippen MR) is 26.9 cm³/mol. The summed E-state index contributed by atoms with van der Waals surface area (Å²) >= 11 is 0. The third kappa shape index (κ3) is 0.918. The van der Waals surface area contributed by atoms with Crippen molar-refractivity contribution in [1.82, 2.24) is 10.0 Å². The minimum absolute atomic E-state index is 0.00463. The molecule has 0 aliphatic carbocycles. The van der Waals surface area contributed by atoms with Crippen molar-refractivity contribution < 1.29 is 8.87 Å². The summed E-state index contributed by atoms with van der Waals surface area (Å²) in [5.41, 5.74) is -0.0602. The van der Waals surface area contributed by atoms with Gasteiger partial charge in [-0.05, 0) is 6.42 Å². The van der Waals surface area contributed by atoms with E-state index in [0.29, 0.717) is 6.42 Å². The number of rotatable bonds is 1. The summed E-state index contributed by atoms with van der Waals surface area (Å²) in [6.07, 6.45) is 2.15. The summed E-state index contributed by atoms with van der Waals surface area (Å²) in [5.74, 6) is -0.708. The van der Waals surface area contributed by atoms with Gasteiger partial charge in [0, 0.05) is 0 Å². The van der Waals surface area contributed by atoms with Crippen LogP contribution >= 0.6 is 0 Å². The summed E-state index contributed by atoms with van der Waals surface area (Å²) < 4.78 is 24.4. The van der Waals surface area contributed by atoms with E-state index in [1.807, 2.05) is 6.20 Å². The molecule has 4 heteroatoms. The van der Waals surface area contributed by atoms with E-state index in [4.69, 9.17) is 0 Å². The fourth-order valence-electron chi connectivity index (χ4n) is 0.579. The Bertz CT molecular complexity index is 187. The first-order valence-electron chi connectivity index (χ1n) is 2.57. The van der Waals surface area contributed by atoms with Crippen LogP contribution in [0, 0.1) is 12.0 Å². The highest BCUT2D eigenvalue weighted by Crippen LogP contribution is 2.04. The normalized spacial score (nSPS) is 10.1. The van der Waals surface area contributed by atoms with Gasteiger partial charge in [0.25, 0.3) is 0 Å². The highest BCUT2D eigenvalue weighted by atomic mass is 19.2. The molecule has 0 spiro atoms. The molecule has 1 aromatic heterocycles. The predicted octanol–water partition coefficient (Wildman–Crippen LogP) is 1.12. The van der Waals surface area contributed by atoms with Gasteiger partial charge in [-0.2, -0.15) is 0 Å². The van der Waals surface area contributed by atoms with Gasteiger partial charge in [0.05, 0.1) is 0 Å². The molecule has 0 saturated carbocycles. The zero-order valence-electron chi connectivity index (χ0n) is 4.86. The average molecular weight is 131 g/mol. The largest absolute Gasteiger partial charge is 0.202 e. The molecular formula is C5H5F2N2. The van der Waals surface area contributed by atoms with Crippen LogP contribution in [0.1, 0.15) is 12.6 Å².